The van der Waals surface area contributed by atoms with Gasteiger partial charge < -0.3 is 9.84 Å². The van der Waals surface area contributed by atoms with Crippen molar-refractivity contribution in [1.82, 2.24) is 4.41 Å². The molecule has 2 aromatic carbocycles. The lowest BCUT2D eigenvalue weighted by Crippen LogP contribution is -2.21. The Morgan fingerprint density at radius 1 is 1.25 bits per heavy atom. The highest BCUT2D eigenvalue weighted by atomic mass is 79.9. The molecule has 1 N–H and O–H groups in total. The average Bonchev–Trinajstić information content (AvgIpc) is 2.55. The summed E-state index contributed by atoms with van der Waals surface area (Å²) in [5, 5.41) is 13.8. The molecule has 0 spiro atoms. The molecule has 2 aromatic rings. The highest BCUT2D eigenvalue weighted by Crippen LogP contribution is 2.34. The van der Waals surface area contributed by atoms with Crippen LogP contribution in [0, 0.1) is 6.92 Å². The summed E-state index contributed by atoms with van der Waals surface area (Å²) in [6.45, 7) is 1.88. The lowest BCUT2D eigenvalue weighted by atomic mass is 10.2. The van der Waals surface area contributed by atoms with Gasteiger partial charge in [-0.2, -0.15) is 17.9 Å². The molecule has 0 radical (unpaired) electrons. The van der Waals surface area contributed by atoms with Gasteiger partial charge in [-0.05, 0) is 52.7 Å². The molecule has 2 rings (SSSR count). The zero-order chi connectivity index (χ0) is 17.9. The fraction of sp³-hybridized carbons (Fsp3) is 0.188. The minimum Gasteiger partial charge on any atom is -0.503 e. The monoisotopic (exact) mass is 412 g/mol. The van der Waals surface area contributed by atoms with Gasteiger partial charge in [0, 0.05) is 7.05 Å². The van der Waals surface area contributed by atoms with Crippen molar-refractivity contribution in [2.75, 3.05) is 14.2 Å². The summed E-state index contributed by atoms with van der Waals surface area (Å²) < 4.78 is 31.3. The van der Waals surface area contributed by atoms with Gasteiger partial charge in [-0.15, -0.1) is 0 Å². The molecule has 8 heteroatoms. The number of rotatable bonds is 5. The first-order valence-corrected chi connectivity index (χ1v) is 9.15. The van der Waals surface area contributed by atoms with E-state index in [4.69, 9.17) is 4.74 Å². The number of hydrogen-bond acceptors (Lipinski definition) is 5. The number of methoxy groups -OCH3 is 1. The van der Waals surface area contributed by atoms with Gasteiger partial charge >= 0.3 is 0 Å². The Morgan fingerprint density at radius 3 is 2.46 bits per heavy atom. The van der Waals surface area contributed by atoms with E-state index in [1.807, 2.05) is 6.92 Å². The summed E-state index contributed by atoms with van der Waals surface area (Å²) in [5.74, 6) is 0.227. The molecule has 0 fully saturated rings. The molecule has 0 aliphatic carbocycles. The topological polar surface area (TPSA) is 79.2 Å². The number of nitrogens with zero attached hydrogens (tertiary/aromatic N) is 2. The Balaban J connectivity index is 2.28. The molecule has 0 aliphatic rings. The van der Waals surface area contributed by atoms with Gasteiger partial charge in [0.25, 0.3) is 10.0 Å². The molecule has 0 heterocycles. The first kappa shape index (κ1) is 18.3. The molecule has 0 saturated carbocycles. The molecule has 0 unspecified atom stereocenters. The largest absolute Gasteiger partial charge is 0.503 e. The van der Waals surface area contributed by atoms with E-state index < -0.39 is 10.0 Å². The van der Waals surface area contributed by atoms with E-state index in [2.05, 4.69) is 21.0 Å². The van der Waals surface area contributed by atoms with Crippen molar-refractivity contribution in [3.63, 3.8) is 0 Å². The number of sulfonamides is 1. The van der Waals surface area contributed by atoms with E-state index in [-0.39, 0.29) is 16.4 Å². The highest BCUT2D eigenvalue weighted by molar-refractivity contribution is 9.10. The quantitative estimate of drug-likeness (QED) is 0.604. The lowest BCUT2D eigenvalue weighted by molar-refractivity contribution is 0.372. The first-order valence-electron chi connectivity index (χ1n) is 6.92. The number of ether oxygens (including phenoxy) is 1. The second-order valence-corrected chi connectivity index (χ2v) is 7.85. The Hall–Kier alpha value is -2.06. The molecule has 128 valence electrons. The van der Waals surface area contributed by atoms with Crippen molar-refractivity contribution in [3.05, 3.63) is 52.0 Å². The zero-order valence-corrected chi connectivity index (χ0v) is 15.8. The predicted molar refractivity (Wildman–Crippen MR) is 96.1 cm³/mol. The van der Waals surface area contributed by atoms with Gasteiger partial charge in [0.05, 0.1) is 22.7 Å². The number of hydrazone groups is 1. The summed E-state index contributed by atoms with van der Waals surface area (Å²) in [7, 11) is -0.930. The van der Waals surface area contributed by atoms with Crippen LogP contribution in [0.4, 0.5) is 0 Å². The van der Waals surface area contributed by atoms with Gasteiger partial charge in [0.2, 0.25) is 0 Å². The van der Waals surface area contributed by atoms with Crippen molar-refractivity contribution in [2.24, 2.45) is 5.10 Å². The molecule has 0 aromatic heterocycles. The maximum atomic E-state index is 12.4. The number of halogens is 1. The number of benzene rings is 2. The molecule has 0 atom stereocenters. The molecule has 0 saturated heterocycles. The minimum absolute atomic E-state index is 0.0321. The number of aryl methyl sites for hydroxylation is 1. The second kappa shape index (κ2) is 7.23. The van der Waals surface area contributed by atoms with Crippen LogP contribution in [0.3, 0.4) is 0 Å². The van der Waals surface area contributed by atoms with Gasteiger partial charge in [0.15, 0.2) is 11.5 Å². The summed E-state index contributed by atoms with van der Waals surface area (Å²) >= 11 is 3.20. The molecule has 0 aliphatic heterocycles. The van der Waals surface area contributed by atoms with E-state index in [1.54, 1.807) is 24.3 Å². The van der Waals surface area contributed by atoms with Crippen LogP contribution in [-0.2, 0) is 10.0 Å². The first-order chi connectivity index (χ1) is 11.3. The molecule has 24 heavy (non-hydrogen) atoms. The number of hydrogen-bond donors (Lipinski definition) is 1. The van der Waals surface area contributed by atoms with Gasteiger partial charge in [-0.3, -0.25) is 0 Å². The zero-order valence-electron chi connectivity index (χ0n) is 13.4. The van der Waals surface area contributed by atoms with Crippen LogP contribution in [0.15, 0.2) is 50.9 Å². The fourth-order valence-electron chi connectivity index (χ4n) is 1.90. The molecule has 0 amide bonds. The molecule has 6 nitrogen and oxygen atoms in total. The average molecular weight is 413 g/mol. The smallest absolute Gasteiger partial charge is 0.278 e. The predicted octanol–water partition coefficient (Wildman–Crippen LogP) is 3.13. The van der Waals surface area contributed by atoms with Crippen LogP contribution in [0.5, 0.6) is 11.5 Å². The van der Waals surface area contributed by atoms with Crippen molar-refractivity contribution in [3.8, 4) is 11.5 Å². The highest BCUT2D eigenvalue weighted by Gasteiger charge is 2.18. The van der Waals surface area contributed by atoms with E-state index >= 15 is 0 Å². The van der Waals surface area contributed by atoms with Crippen molar-refractivity contribution in [2.45, 2.75) is 11.8 Å². The number of phenols is 1. The molecular formula is C16H17BrN2O4S. The summed E-state index contributed by atoms with van der Waals surface area (Å²) in [5.41, 5.74) is 1.55. The Bertz CT molecular complexity index is 864. The lowest BCUT2D eigenvalue weighted by Gasteiger charge is -2.14. The van der Waals surface area contributed by atoms with Crippen molar-refractivity contribution >= 4 is 32.2 Å². The third-order valence-corrected chi connectivity index (χ3v) is 5.57. The Labute approximate surface area is 149 Å². The van der Waals surface area contributed by atoms with E-state index in [0.717, 1.165) is 9.98 Å². The maximum Gasteiger partial charge on any atom is 0.278 e. The van der Waals surface area contributed by atoms with Gasteiger partial charge in [0.1, 0.15) is 0 Å². The van der Waals surface area contributed by atoms with Crippen molar-refractivity contribution < 1.29 is 18.3 Å². The van der Waals surface area contributed by atoms with Gasteiger partial charge in [-0.25, -0.2) is 0 Å². The minimum atomic E-state index is -3.72. The Kier molecular flexibility index (Phi) is 5.51. The van der Waals surface area contributed by atoms with Crippen LogP contribution < -0.4 is 4.74 Å². The summed E-state index contributed by atoms with van der Waals surface area (Å²) in [4.78, 5) is 0.164. The van der Waals surface area contributed by atoms with Crippen molar-refractivity contribution in [1.29, 1.82) is 0 Å². The number of aromatic hydroxyl groups is 1. The maximum absolute atomic E-state index is 12.4. The summed E-state index contributed by atoms with van der Waals surface area (Å²) in [6.07, 6.45) is 1.37. The molecular weight excluding hydrogens is 396 g/mol. The van der Waals surface area contributed by atoms with E-state index in [0.29, 0.717) is 10.0 Å². The molecule has 0 bridgehead atoms. The Morgan fingerprint density at radius 2 is 1.88 bits per heavy atom. The fourth-order valence-corrected chi connectivity index (χ4v) is 3.31. The van der Waals surface area contributed by atoms with E-state index in [1.165, 1.54) is 32.5 Å². The van der Waals surface area contributed by atoms with E-state index in [9.17, 15) is 13.5 Å². The second-order valence-electron chi connectivity index (χ2n) is 5.05. The summed E-state index contributed by atoms with van der Waals surface area (Å²) in [6, 6.07) is 9.69. The van der Waals surface area contributed by atoms with Crippen LogP contribution in [0.2, 0.25) is 0 Å². The number of phenolic OH excluding ortho intramolecular Hbond substituents is 1. The van der Waals surface area contributed by atoms with Crippen LogP contribution in [0.25, 0.3) is 0 Å². The standard InChI is InChI=1S/C16H17BrN2O4S/c1-11-4-6-13(7-5-11)24(21,22)19(2)18-10-12-8-14(17)16(20)15(9-12)23-3/h4-10,20H,1-3H3. The van der Waals surface area contributed by atoms with Crippen LogP contribution >= 0.6 is 15.9 Å². The SMILES string of the molecule is COc1cc(C=NN(C)S(=O)(=O)c2ccc(C)cc2)cc(Br)c1O. The van der Waals surface area contributed by atoms with Crippen LogP contribution in [0.1, 0.15) is 11.1 Å². The van der Waals surface area contributed by atoms with Gasteiger partial charge in [-0.1, -0.05) is 17.7 Å². The third-order valence-electron chi connectivity index (χ3n) is 3.31. The third kappa shape index (κ3) is 3.88. The normalized spacial score (nSPS) is 11.7. The van der Waals surface area contributed by atoms with Crippen LogP contribution in [-0.4, -0.2) is 38.3 Å².